The summed E-state index contributed by atoms with van der Waals surface area (Å²) in [4.78, 5) is 29.9. The highest BCUT2D eigenvalue weighted by Gasteiger charge is 2.35. The van der Waals surface area contributed by atoms with E-state index in [9.17, 15) is 22.8 Å². The van der Waals surface area contributed by atoms with Crippen LogP contribution in [0.25, 0.3) is 0 Å². The molecule has 1 amide bonds. The van der Waals surface area contributed by atoms with Crippen molar-refractivity contribution in [1.82, 2.24) is 25.4 Å². The molecule has 2 N–H and O–H groups in total. The maximum absolute atomic E-state index is 13.1. The zero-order chi connectivity index (χ0) is 24.3. The minimum Gasteiger partial charge on any atom is -0.346 e. The third-order valence-corrected chi connectivity index (χ3v) is 5.96. The molecule has 2 heterocycles. The van der Waals surface area contributed by atoms with Gasteiger partial charge in [0.15, 0.2) is 0 Å². The fraction of sp³-hybridized carbons (Fsp3) is 0.333. The number of rotatable bonds is 6. The van der Waals surface area contributed by atoms with Crippen LogP contribution in [0.5, 0.6) is 0 Å². The second-order valence-corrected chi connectivity index (χ2v) is 8.48. The monoisotopic (exact) mass is 471 g/mol. The normalized spacial score (nSPS) is 18.7. The molecule has 178 valence electrons. The summed E-state index contributed by atoms with van der Waals surface area (Å²) in [5.41, 5.74) is -0.961. The number of halogens is 3. The molecule has 1 saturated heterocycles. The molecule has 0 radical (unpaired) electrons. The van der Waals surface area contributed by atoms with Crippen LogP contribution < -0.4 is 10.9 Å². The molecule has 34 heavy (non-hydrogen) atoms. The molecule has 0 saturated carbocycles. The van der Waals surface area contributed by atoms with Gasteiger partial charge in [-0.25, -0.2) is 0 Å². The van der Waals surface area contributed by atoms with Crippen LogP contribution in [0.15, 0.2) is 59.4 Å². The number of nitrogens with zero attached hydrogens (tertiary/aromatic N) is 3. The Balaban J connectivity index is 1.41. The van der Waals surface area contributed by atoms with Crippen LogP contribution in [0.1, 0.15) is 45.8 Å². The highest BCUT2D eigenvalue weighted by atomic mass is 19.4. The van der Waals surface area contributed by atoms with Gasteiger partial charge in [0.2, 0.25) is 0 Å². The van der Waals surface area contributed by atoms with Gasteiger partial charge in [-0.3, -0.25) is 14.5 Å². The molecular formula is C24H24F3N5O2. The predicted octanol–water partition coefficient (Wildman–Crippen LogP) is 3.35. The first kappa shape index (κ1) is 23.6. The van der Waals surface area contributed by atoms with Crippen LogP contribution >= 0.6 is 0 Å². The second-order valence-electron chi connectivity index (χ2n) is 8.48. The van der Waals surface area contributed by atoms with Crippen LogP contribution in [0.2, 0.25) is 0 Å². The summed E-state index contributed by atoms with van der Waals surface area (Å²) in [5, 5.41) is 10.4. The van der Waals surface area contributed by atoms with Gasteiger partial charge in [0.05, 0.1) is 17.7 Å². The number of amides is 1. The highest BCUT2D eigenvalue weighted by molar-refractivity contribution is 5.95. The third-order valence-electron chi connectivity index (χ3n) is 5.96. The van der Waals surface area contributed by atoms with E-state index >= 15 is 0 Å². The number of carbonyl (C=O) groups is 1. The first-order valence-electron chi connectivity index (χ1n) is 10.9. The number of aromatic nitrogens is 3. The van der Waals surface area contributed by atoms with E-state index in [-0.39, 0.29) is 24.1 Å². The molecular weight excluding hydrogens is 447 g/mol. The molecule has 0 aliphatic carbocycles. The topological polar surface area (TPSA) is 91.0 Å². The van der Waals surface area contributed by atoms with Crippen molar-refractivity contribution in [3.05, 3.63) is 93.2 Å². The number of hydrogen-bond acceptors (Lipinski definition) is 5. The first-order chi connectivity index (χ1) is 16.2. The first-order valence-corrected chi connectivity index (χ1v) is 10.9. The number of benzene rings is 2. The van der Waals surface area contributed by atoms with Crippen molar-refractivity contribution >= 4 is 5.91 Å². The predicted molar refractivity (Wildman–Crippen MR) is 119 cm³/mol. The van der Waals surface area contributed by atoms with Gasteiger partial charge in [0.1, 0.15) is 11.5 Å². The molecule has 10 heteroatoms. The van der Waals surface area contributed by atoms with E-state index in [2.05, 4.69) is 44.5 Å². The SMILES string of the molecule is CC1CN(Cc2ccccc2)CC1c1nnc(CNC(=O)c2ccccc2C(F)(F)F)c(=O)[nH]1. The van der Waals surface area contributed by atoms with E-state index in [0.717, 1.165) is 25.2 Å². The molecule has 2 atom stereocenters. The number of likely N-dealkylation sites (tertiary alicyclic amines) is 1. The molecule has 1 aromatic heterocycles. The fourth-order valence-corrected chi connectivity index (χ4v) is 4.24. The zero-order valence-electron chi connectivity index (χ0n) is 18.5. The lowest BCUT2D eigenvalue weighted by Crippen LogP contribution is -2.31. The van der Waals surface area contributed by atoms with Crippen molar-refractivity contribution in [2.45, 2.75) is 32.1 Å². The van der Waals surface area contributed by atoms with Crippen LogP contribution in [-0.4, -0.2) is 39.1 Å². The summed E-state index contributed by atoms with van der Waals surface area (Å²) in [7, 11) is 0. The van der Waals surface area contributed by atoms with Gasteiger partial charge in [0, 0.05) is 25.6 Å². The third kappa shape index (κ3) is 5.33. The number of carbonyl (C=O) groups excluding carboxylic acids is 1. The summed E-state index contributed by atoms with van der Waals surface area (Å²) in [5.74, 6) is -0.242. The fourth-order valence-electron chi connectivity index (χ4n) is 4.24. The Labute approximate surface area is 194 Å². The zero-order valence-corrected chi connectivity index (χ0v) is 18.5. The lowest BCUT2D eigenvalue weighted by Gasteiger charge is -2.15. The molecule has 4 rings (SSSR count). The Kier molecular flexibility index (Phi) is 6.78. The van der Waals surface area contributed by atoms with Gasteiger partial charge in [-0.05, 0) is 23.6 Å². The van der Waals surface area contributed by atoms with Crippen molar-refractivity contribution in [2.75, 3.05) is 13.1 Å². The van der Waals surface area contributed by atoms with Gasteiger partial charge in [0.25, 0.3) is 11.5 Å². The minimum absolute atomic E-state index is 0.00813. The standard InChI is InChI=1S/C24H24F3N5O2/c1-15-12-32(13-16-7-3-2-4-8-16)14-18(15)21-29-23(34)20(30-31-21)11-28-22(33)17-9-5-6-10-19(17)24(25,26)27/h2-10,15,18H,11-14H2,1H3,(H,28,33)(H,29,31,34). The summed E-state index contributed by atoms with van der Waals surface area (Å²) < 4.78 is 39.4. The molecule has 0 spiro atoms. The van der Waals surface area contributed by atoms with E-state index in [1.54, 1.807) is 0 Å². The van der Waals surface area contributed by atoms with Gasteiger partial charge >= 0.3 is 6.18 Å². The number of alkyl halides is 3. The quantitative estimate of drug-likeness (QED) is 0.576. The minimum atomic E-state index is -4.67. The van der Waals surface area contributed by atoms with Crippen molar-refractivity contribution in [2.24, 2.45) is 5.92 Å². The summed E-state index contributed by atoms with van der Waals surface area (Å²) in [6, 6.07) is 14.6. The Morgan fingerprint density at radius 1 is 1.09 bits per heavy atom. The number of nitrogens with one attached hydrogen (secondary N) is 2. The van der Waals surface area contributed by atoms with Crippen LogP contribution in [0, 0.1) is 5.92 Å². The van der Waals surface area contributed by atoms with Crippen molar-refractivity contribution in [1.29, 1.82) is 0 Å². The number of hydrogen-bond donors (Lipinski definition) is 2. The van der Waals surface area contributed by atoms with Crippen molar-refractivity contribution in [3.8, 4) is 0 Å². The van der Waals surface area contributed by atoms with Crippen molar-refractivity contribution < 1.29 is 18.0 Å². The molecule has 1 aliphatic rings. The Morgan fingerprint density at radius 3 is 2.50 bits per heavy atom. The summed E-state index contributed by atoms with van der Waals surface area (Å²) in [6.07, 6.45) is -4.67. The average Bonchev–Trinajstić information content (AvgIpc) is 3.18. The highest BCUT2D eigenvalue weighted by Crippen LogP contribution is 2.32. The van der Waals surface area contributed by atoms with E-state index < -0.39 is 28.8 Å². The molecule has 7 nitrogen and oxygen atoms in total. The van der Waals surface area contributed by atoms with Gasteiger partial charge in [-0.15, -0.1) is 10.2 Å². The van der Waals surface area contributed by atoms with Crippen LogP contribution in [-0.2, 0) is 19.3 Å². The molecule has 0 bridgehead atoms. The maximum Gasteiger partial charge on any atom is 0.417 e. The van der Waals surface area contributed by atoms with Crippen molar-refractivity contribution in [3.63, 3.8) is 0 Å². The summed E-state index contributed by atoms with van der Waals surface area (Å²) >= 11 is 0. The number of H-pyrrole nitrogens is 1. The molecule has 1 aliphatic heterocycles. The van der Waals surface area contributed by atoms with Crippen LogP contribution in [0.3, 0.4) is 0 Å². The molecule has 2 unspecified atom stereocenters. The Bertz CT molecular complexity index is 1210. The lowest BCUT2D eigenvalue weighted by atomic mass is 9.97. The van der Waals surface area contributed by atoms with Crippen LogP contribution in [0.4, 0.5) is 13.2 Å². The largest absolute Gasteiger partial charge is 0.417 e. The van der Waals surface area contributed by atoms with E-state index in [0.29, 0.717) is 12.4 Å². The van der Waals surface area contributed by atoms with Gasteiger partial charge in [-0.2, -0.15) is 13.2 Å². The van der Waals surface area contributed by atoms with Gasteiger partial charge in [-0.1, -0.05) is 49.4 Å². The second kappa shape index (κ2) is 9.76. The van der Waals surface area contributed by atoms with E-state index in [1.807, 2.05) is 18.2 Å². The Hall–Kier alpha value is -3.53. The lowest BCUT2D eigenvalue weighted by molar-refractivity contribution is -0.137. The number of aromatic amines is 1. The molecule has 1 fully saturated rings. The summed E-state index contributed by atoms with van der Waals surface area (Å²) in [6.45, 7) is 4.10. The Morgan fingerprint density at radius 2 is 1.79 bits per heavy atom. The average molecular weight is 471 g/mol. The van der Waals surface area contributed by atoms with Gasteiger partial charge < -0.3 is 10.3 Å². The smallest absolute Gasteiger partial charge is 0.346 e. The van der Waals surface area contributed by atoms with E-state index in [4.69, 9.17) is 0 Å². The van der Waals surface area contributed by atoms with E-state index in [1.165, 1.54) is 17.7 Å². The maximum atomic E-state index is 13.1. The molecule has 2 aromatic carbocycles. The molecule has 3 aromatic rings.